The van der Waals surface area contributed by atoms with E-state index in [9.17, 15) is 0 Å². The number of nitrogens with two attached hydrogens (primary N) is 1. The lowest BCUT2D eigenvalue weighted by atomic mass is 9.65. The summed E-state index contributed by atoms with van der Waals surface area (Å²) in [6, 6.07) is -0.164. The van der Waals surface area contributed by atoms with E-state index in [0.717, 1.165) is 0 Å². The van der Waals surface area contributed by atoms with E-state index in [4.69, 9.17) is 12.2 Å². The first kappa shape index (κ1) is 10.5. The molecular weight excluding hydrogens is 134 g/mol. The predicted octanol–water partition coefficient (Wildman–Crippen LogP) is 2.02. The molecule has 0 spiro atoms. The van der Waals surface area contributed by atoms with Crippen molar-refractivity contribution < 1.29 is 0 Å². The third-order valence-electron chi connectivity index (χ3n) is 2.89. The van der Waals surface area contributed by atoms with Crippen molar-refractivity contribution in [2.24, 2.45) is 16.6 Å². The summed E-state index contributed by atoms with van der Waals surface area (Å²) in [5.41, 5.74) is 5.94. The van der Waals surface area contributed by atoms with Gasteiger partial charge < -0.3 is 5.73 Å². The topological polar surface area (TPSA) is 26.0 Å². The van der Waals surface area contributed by atoms with Crippen molar-refractivity contribution in [1.82, 2.24) is 0 Å². The average molecular weight is 153 g/mol. The molecule has 1 heteroatoms. The highest BCUT2D eigenvalue weighted by atomic mass is 14.7. The van der Waals surface area contributed by atoms with Gasteiger partial charge in [-0.2, -0.15) is 0 Å². The van der Waals surface area contributed by atoms with Crippen LogP contribution in [0.2, 0.25) is 0 Å². The van der Waals surface area contributed by atoms with Gasteiger partial charge in [-0.25, -0.2) is 0 Å². The highest BCUT2D eigenvalue weighted by molar-refractivity contribution is 5.07. The van der Waals surface area contributed by atoms with Crippen molar-refractivity contribution >= 4 is 0 Å². The Morgan fingerprint density at radius 3 is 1.64 bits per heavy atom. The molecule has 0 bridgehead atoms. The summed E-state index contributed by atoms with van der Waals surface area (Å²) in [6.07, 6.45) is 5.28. The van der Waals surface area contributed by atoms with Gasteiger partial charge in [-0.15, -0.1) is 6.42 Å². The first-order chi connectivity index (χ1) is 4.73. The Kier molecular flexibility index (Phi) is 2.74. The van der Waals surface area contributed by atoms with Crippen LogP contribution in [0.3, 0.4) is 0 Å². The molecule has 2 N–H and O–H groups in total. The van der Waals surface area contributed by atoms with Crippen LogP contribution in [0, 0.1) is 23.2 Å². The molecule has 1 unspecified atom stereocenters. The molecule has 1 nitrogen and oxygen atoms in total. The molecule has 0 aromatic carbocycles. The molecule has 1 atom stereocenters. The number of rotatable bonds is 1. The van der Waals surface area contributed by atoms with Gasteiger partial charge >= 0.3 is 0 Å². The molecule has 0 aromatic rings. The summed E-state index contributed by atoms with van der Waals surface area (Å²) >= 11 is 0. The molecule has 11 heavy (non-hydrogen) atoms. The van der Waals surface area contributed by atoms with Gasteiger partial charge in [0.15, 0.2) is 0 Å². The second-order valence-electron chi connectivity index (χ2n) is 4.62. The van der Waals surface area contributed by atoms with E-state index in [0.29, 0.717) is 0 Å². The van der Waals surface area contributed by atoms with Crippen LogP contribution < -0.4 is 5.73 Å². The van der Waals surface area contributed by atoms with Crippen LogP contribution in [0.15, 0.2) is 0 Å². The Bertz CT molecular complexity index is 166. The Morgan fingerprint density at radius 2 is 1.55 bits per heavy atom. The van der Waals surface area contributed by atoms with Crippen molar-refractivity contribution in [3.8, 4) is 12.3 Å². The number of terminal acetylenes is 1. The first-order valence-electron chi connectivity index (χ1n) is 3.95. The standard InChI is InChI=1S/C10H19N/c1-7-8(11)10(5,6)9(2,3)4/h1,8H,11H2,2-6H3. The molecule has 0 saturated carbocycles. The van der Waals surface area contributed by atoms with Gasteiger partial charge in [0.25, 0.3) is 0 Å². The number of hydrogen-bond donors (Lipinski definition) is 1. The van der Waals surface area contributed by atoms with Gasteiger partial charge in [-0.3, -0.25) is 0 Å². The van der Waals surface area contributed by atoms with Crippen molar-refractivity contribution in [3.05, 3.63) is 0 Å². The zero-order valence-electron chi connectivity index (χ0n) is 8.23. The van der Waals surface area contributed by atoms with Crippen LogP contribution in [0.1, 0.15) is 34.6 Å². The smallest absolute Gasteiger partial charge is 0.0718 e. The van der Waals surface area contributed by atoms with E-state index in [1.165, 1.54) is 0 Å². The zero-order valence-corrected chi connectivity index (χ0v) is 8.23. The summed E-state index contributed by atoms with van der Waals surface area (Å²) in [5, 5.41) is 0. The van der Waals surface area contributed by atoms with E-state index in [2.05, 4.69) is 40.5 Å². The minimum atomic E-state index is -0.164. The molecular formula is C10H19N. The van der Waals surface area contributed by atoms with E-state index < -0.39 is 0 Å². The molecule has 0 rings (SSSR count). The largest absolute Gasteiger partial charge is 0.317 e. The fraction of sp³-hybridized carbons (Fsp3) is 0.800. The van der Waals surface area contributed by atoms with Crippen LogP contribution >= 0.6 is 0 Å². The first-order valence-corrected chi connectivity index (χ1v) is 3.95. The SMILES string of the molecule is C#CC(N)C(C)(C)C(C)(C)C. The molecule has 0 fully saturated rings. The summed E-state index contributed by atoms with van der Waals surface area (Å²) in [7, 11) is 0. The molecule has 0 aliphatic carbocycles. The third-order valence-corrected chi connectivity index (χ3v) is 2.89. The van der Waals surface area contributed by atoms with E-state index in [-0.39, 0.29) is 16.9 Å². The van der Waals surface area contributed by atoms with Crippen molar-refractivity contribution in [3.63, 3.8) is 0 Å². The molecule has 0 aliphatic rings. The molecule has 0 saturated heterocycles. The molecule has 0 heterocycles. The lowest BCUT2D eigenvalue weighted by Crippen LogP contribution is -2.45. The Labute approximate surface area is 70.4 Å². The van der Waals surface area contributed by atoms with Crippen LogP contribution in [-0.4, -0.2) is 6.04 Å². The molecule has 0 aromatic heterocycles. The van der Waals surface area contributed by atoms with Crippen LogP contribution in [0.5, 0.6) is 0 Å². The Hall–Kier alpha value is -0.480. The van der Waals surface area contributed by atoms with Gasteiger partial charge in [-0.1, -0.05) is 40.5 Å². The zero-order chi connectivity index (χ0) is 9.28. The maximum atomic E-state index is 5.80. The maximum Gasteiger partial charge on any atom is 0.0718 e. The minimum Gasteiger partial charge on any atom is -0.317 e. The Morgan fingerprint density at radius 1 is 1.18 bits per heavy atom. The quantitative estimate of drug-likeness (QED) is 0.573. The second-order valence-corrected chi connectivity index (χ2v) is 4.62. The van der Waals surface area contributed by atoms with E-state index >= 15 is 0 Å². The maximum absolute atomic E-state index is 5.80. The normalized spacial score (nSPS) is 15.7. The highest BCUT2D eigenvalue weighted by Gasteiger charge is 2.37. The summed E-state index contributed by atoms with van der Waals surface area (Å²) in [4.78, 5) is 0. The van der Waals surface area contributed by atoms with Crippen LogP contribution in [0.4, 0.5) is 0 Å². The van der Waals surface area contributed by atoms with Gasteiger partial charge in [0, 0.05) is 0 Å². The van der Waals surface area contributed by atoms with E-state index in [1.54, 1.807) is 0 Å². The second kappa shape index (κ2) is 2.87. The monoisotopic (exact) mass is 153 g/mol. The highest BCUT2D eigenvalue weighted by Crippen LogP contribution is 2.39. The van der Waals surface area contributed by atoms with Gasteiger partial charge in [-0.05, 0) is 10.8 Å². The third kappa shape index (κ3) is 1.97. The summed E-state index contributed by atoms with van der Waals surface area (Å²) in [6.45, 7) is 10.7. The minimum absolute atomic E-state index is 0.0122. The van der Waals surface area contributed by atoms with Crippen molar-refractivity contribution in [2.45, 2.75) is 40.7 Å². The van der Waals surface area contributed by atoms with Gasteiger partial charge in [0.1, 0.15) is 0 Å². The molecule has 0 amide bonds. The molecule has 64 valence electrons. The summed E-state index contributed by atoms with van der Waals surface area (Å²) in [5.74, 6) is 2.59. The van der Waals surface area contributed by atoms with Gasteiger partial charge in [0.2, 0.25) is 0 Å². The number of hydrogen-bond acceptors (Lipinski definition) is 1. The van der Waals surface area contributed by atoms with Crippen molar-refractivity contribution in [2.75, 3.05) is 0 Å². The molecule has 0 radical (unpaired) electrons. The predicted molar refractivity (Wildman–Crippen MR) is 50.0 cm³/mol. The molecule has 0 aliphatic heterocycles. The Balaban J connectivity index is 4.62. The fourth-order valence-corrected chi connectivity index (χ4v) is 0.675. The van der Waals surface area contributed by atoms with Crippen molar-refractivity contribution in [1.29, 1.82) is 0 Å². The summed E-state index contributed by atoms with van der Waals surface area (Å²) < 4.78 is 0. The lowest BCUT2D eigenvalue weighted by Gasteiger charge is -2.41. The van der Waals surface area contributed by atoms with E-state index in [1.807, 2.05) is 0 Å². The van der Waals surface area contributed by atoms with Crippen LogP contribution in [0.25, 0.3) is 0 Å². The fourth-order valence-electron chi connectivity index (χ4n) is 0.675. The van der Waals surface area contributed by atoms with Gasteiger partial charge in [0.05, 0.1) is 6.04 Å². The average Bonchev–Trinajstić information content (AvgIpc) is 1.83. The van der Waals surface area contributed by atoms with Crippen LogP contribution in [-0.2, 0) is 0 Å². The lowest BCUT2D eigenvalue weighted by molar-refractivity contribution is 0.118.